The number of allylic oxidation sites excluding steroid dienone is 4. The molecule has 0 saturated heterocycles. The Bertz CT molecular complexity index is 401. The van der Waals surface area contributed by atoms with Gasteiger partial charge in [0, 0.05) is 0 Å². The van der Waals surface area contributed by atoms with Crippen molar-refractivity contribution in [3.63, 3.8) is 0 Å². The molecule has 0 radical (unpaired) electrons. The van der Waals surface area contributed by atoms with Gasteiger partial charge < -0.3 is 0 Å². The fourth-order valence-electron chi connectivity index (χ4n) is 1.93. The van der Waals surface area contributed by atoms with Crippen molar-refractivity contribution in [1.82, 2.24) is 0 Å². The quantitative estimate of drug-likeness (QED) is 0.484. The summed E-state index contributed by atoms with van der Waals surface area (Å²) in [5.41, 5.74) is 0. The fourth-order valence-corrected chi connectivity index (χ4v) is 6.90. The summed E-state index contributed by atoms with van der Waals surface area (Å²) in [6, 6.07) is 0. The van der Waals surface area contributed by atoms with Crippen molar-refractivity contribution in [3.8, 4) is 0 Å². The molecule has 1 aliphatic rings. The molecule has 0 fully saturated rings. The monoisotopic (exact) mass is 233 g/mol. The molecule has 0 amide bonds. The first-order valence-electron chi connectivity index (χ1n) is 5.97. The van der Waals surface area contributed by atoms with Gasteiger partial charge in [0.1, 0.15) is 0 Å². The summed E-state index contributed by atoms with van der Waals surface area (Å²) in [5.74, 6) is 0. The van der Waals surface area contributed by atoms with Crippen LogP contribution in [0, 0.1) is 0 Å². The summed E-state index contributed by atoms with van der Waals surface area (Å²) < 4.78 is 1.62. The van der Waals surface area contributed by atoms with Gasteiger partial charge in [-0.25, -0.2) is 0 Å². The van der Waals surface area contributed by atoms with E-state index in [2.05, 4.69) is 60.1 Å². The molecule has 1 aliphatic carbocycles. The minimum absolute atomic E-state index is 1.11. The van der Waals surface area contributed by atoms with Crippen molar-refractivity contribution < 1.29 is 10.2 Å². The minimum atomic E-state index is -4.26. The molecule has 0 spiro atoms. The molecular weight excluding hydrogens is 204 g/mol. The van der Waals surface area contributed by atoms with Crippen LogP contribution in [-0.4, -0.2) is 0 Å². The van der Waals surface area contributed by atoms with Crippen molar-refractivity contribution in [2.75, 3.05) is 0 Å². The molecule has 0 N–H and O–H groups in total. The predicted octanol–water partition coefficient (Wildman–Crippen LogP) is 6.05. The van der Waals surface area contributed by atoms with Crippen LogP contribution < -0.4 is 0 Å². The van der Waals surface area contributed by atoms with Crippen LogP contribution in [-0.2, 0) is 10.2 Å². The van der Waals surface area contributed by atoms with Gasteiger partial charge in [0.25, 0.3) is 0 Å². The molecule has 0 aromatic rings. The second-order valence-electron chi connectivity index (χ2n) is 17.3. The molecule has 85 valence electrons. The van der Waals surface area contributed by atoms with Gasteiger partial charge in [0.15, 0.2) is 0 Å². The standard InChI is InChI=1S/C5H5.8CH3.Ti/c1-2-4-5-3-1;;;;;;;;;/h1-3H,4H2;8*1H3;. The summed E-state index contributed by atoms with van der Waals surface area (Å²) in [5, 5.41) is 20.1. The fraction of sp³-hybridized carbons (Fsp3) is 0.692. The van der Waals surface area contributed by atoms with E-state index in [-0.39, 0.29) is 0 Å². The van der Waals surface area contributed by atoms with Crippen LogP contribution in [0.1, 0.15) is 6.42 Å². The van der Waals surface area contributed by atoms with E-state index in [0.29, 0.717) is 0 Å². The van der Waals surface area contributed by atoms with Gasteiger partial charge in [-0.15, -0.1) is 0 Å². The van der Waals surface area contributed by atoms with Gasteiger partial charge in [-0.2, -0.15) is 0 Å². The molecule has 0 heterocycles. The van der Waals surface area contributed by atoms with E-state index in [4.69, 9.17) is 0 Å². The van der Waals surface area contributed by atoms with Crippen molar-refractivity contribution >= 4 is 0 Å². The Morgan fingerprint density at radius 2 is 1.29 bits per heavy atom. The van der Waals surface area contributed by atoms with E-state index in [0.717, 1.165) is 6.42 Å². The Balaban J connectivity index is 3.94. The summed E-state index contributed by atoms with van der Waals surface area (Å²) in [6.07, 6.45) is 7.93. The number of hydrogen-bond donors (Lipinski definition) is 0. The van der Waals surface area contributed by atoms with E-state index in [9.17, 15) is 0 Å². The molecule has 0 bridgehead atoms. The second kappa shape index (κ2) is 1.05. The molecule has 0 aromatic heterocycles. The van der Waals surface area contributed by atoms with Crippen LogP contribution in [0.2, 0.25) is 41.8 Å². The van der Waals surface area contributed by atoms with Crippen LogP contribution in [0.15, 0.2) is 22.1 Å². The topological polar surface area (TPSA) is 0 Å². The van der Waals surface area contributed by atoms with Crippen molar-refractivity contribution in [3.05, 3.63) is 22.1 Å². The molecule has 0 aromatic carbocycles. The third-order valence-electron chi connectivity index (χ3n) is 3.34. The van der Waals surface area contributed by atoms with Crippen molar-refractivity contribution in [2.45, 2.75) is 48.2 Å². The van der Waals surface area contributed by atoms with Crippen LogP contribution in [0.5, 0.6) is 0 Å². The Kier molecular flexibility index (Phi) is 0.921. The number of hydrogen-bond acceptors (Lipinski definition) is 0. The summed E-state index contributed by atoms with van der Waals surface area (Å²) in [4.78, 5) is 0. The van der Waals surface area contributed by atoms with Gasteiger partial charge in [0.2, 0.25) is 0 Å². The van der Waals surface area contributed by atoms with Gasteiger partial charge >= 0.3 is 80.5 Å². The first-order chi connectivity index (χ1) is 5.18. The van der Waals surface area contributed by atoms with Gasteiger partial charge in [-0.3, -0.25) is 0 Å². The number of rotatable bonds is 1. The Labute approximate surface area is 80.5 Å². The molecule has 0 unspecified atom stereocenters. The third kappa shape index (κ3) is 2.84. The molecule has 0 aliphatic heterocycles. The molecule has 14 heavy (non-hydrogen) atoms. The zero-order valence-corrected chi connectivity index (χ0v) is 13.0. The second-order valence-corrected chi connectivity index (χ2v) is 68.3. The zero-order valence-electron chi connectivity index (χ0n) is 11.4. The molecule has 0 saturated carbocycles. The first-order valence-corrected chi connectivity index (χ1v) is 19.2. The molecule has 1 rings (SSSR count). The molecule has 0 atom stereocenters. The average molecular weight is 233 g/mol. The summed E-state index contributed by atoms with van der Waals surface area (Å²) in [6.45, 7) is 0. The van der Waals surface area contributed by atoms with Crippen LogP contribution in [0.4, 0.5) is 0 Å². The van der Waals surface area contributed by atoms with Gasteiger partial charge in [-0.05, 0) is 0 Å². The Hall–Kier alpha value is 0.194. The average Bonchev–Trinajstić information content (AvgIpc) is 1.95. The van der Waals surface area contributed by atoms with Crippen LogP contribution >= 0.6 is 0 Å². The van der Waals surface area contributed by atoms with E-state index in [1.807, 2.05) is 0 Å². The predicted molar refractivity (Wildman–Crippen MR) is 68.8 cm³/mol. The molecular formula is C13H29Ti. The Morgan fingerprint density at radius 3 is 1.43 bits per heavy atom. The van der Waals surface area contributed by atoms with Crippen molar-refractivity contribution in [1.29, 1.82) is 0 Å². The van der Waals surface area contributed by atoms with E-state index < -0.39 is 10.2 Å². The first kappa shape index (κ1) is 12.3. The third-order valence-corrected chi connectivity index (χ3v) is 11.9. The molecule has 0 nitrogen and oxygen atoms in total. The maximum absolute atomic E-state index is 4.26. The summed E-state index contributed by atoms with van der Waals surface area (Å²) in [7, 11) is -4.26. The molecule has 1 heteroatoms. The Morgan fingerprint density at radius 1 is 0.857 bits per heavy atom. The van der Waals surface area contributed by atoms with E-state index in [1.165, 1.54) is 0 Å². The summed E-state index contributed by atoms with van der Waals surface area (Å²) >= 11 is 0. The SMILES string of the molecule is [CH3][Ti]([CH3])([CH3])([CH3])([CH3])([CH3])([CH3])([CH3])[C]1=CC=CC1. The van der Waals surface area contributed by atoms with E-state index in [1.54, 1.807) is 3.88 Å². The maximum atomic E-state index is 2.51. The van der Waals surface area contributed by atoms with Crippen LogP contribution in [0.25, 0.3) is 0 Å². The van der Waals surface area contributed by atoms with Gasteiger partial charge in [-0.1, -0.05) is 0 Å². The van der Waals surface area contributed by atoms with Gasteiger partial charge in [0.05, 0.1) is 0 Å². The zero-order chi connectivity index (χ0) is 11.7. The van der Waals surface area contributed by atoms with E-state index >= 15 is 0 Å². The van der Waals surface area contributed by atoms with Crippen molar-refractivity contribution in [2.24, 2.45) is 0 Å². The van der Waals surface area contributed by atoms with Crippen LogP contribution in [0.3, 0.4) is 0 Å². The normalized spacial score (nSPS) is 32.6.